The van der Waals surface area contributed by atoms with Crippen molar-refractivity contribution in [3.63, 3.8) is 0 Å². The van der Waals surface area contributed by atoms with Crippen LogP contribution in [-0.4, -0.2) is 34.8 Å². The highest BCUT2D eigenvalue weighted by molar-refractivity contribution is 5.94. The van der Waals surface area contributed by atoms with E-state index < -0.39 is 5.91 Å². The summed E-state index contributed by atoms with van der Waals surface area (Å²) in [6.07, 6.45) is 3.29. The van der Waals surface area contributed by atoms with E-state index in [4.69, 9.17) is 10.7 Å². The van der Waals surface area contributed by atoms with Gasteiger partial charge in [-0.05, 0) is 49.1 Å². The van der Waals surface area contributed by atoms with Crippen molar-refractivity contribution in [3.8, 4) is 11.3 Å². The Morgan fingerprint density at radius 3 is 2.61 bits per heavy atom. The molecule has 5 heteroatoms. The van der Waals surface area contributed by atoms with Crippen LogP contribution >= 0.6 is 0 Å². The van der Waals surface area contributed by atoms with E-state index in [0.29, 0.717) is 18.5 Å². The quantitative estimate of drug-likeness (QED) is 0.658. The van der Waals surface area contributed by atoms with Crippen molar-refractivity contribution in [1.29, 1.82) is 0 Å². The van der Waals surface area contributed by atoms with E-state index in [1.165, 1.54) is 5.56 Å². The molecule has 31 heavy (non-hydrogen) atoms. The maximum atomic E-state index is 12.8. The van der Waals surface area contributed by atoms with E-state index in [0.717, 1.165) is 42.8 Å². The van der Waals surface area contributed by atoms with Crippen molar-refractivity contribution < 1.29 is 9.59 Å². The lowest BCUT2D eigenvalue weighted by Crippen LogP contribution is -2.39. The second-order valence-corrected chi connectivity index (χ2v) is 8.06. The van der Waals surface area contributed by atoms with Crippen LogP contribution in [0.2, 0.25) is 0 Å². The van der Waals surface area contributed by atoms with Gasteiger partial charge in [0.05, 0.1) is 5.69 Å². The predicted octanol–water partition coefficient (Wildman–Crippen LogP) is 4.19. The molecule has 1 fully saturated rings. The van der Waals surface area contributed by atoms with Gasteiger partial charge in [-0.1, -0.05) is 48.5 Å². The number of aromatic nitrogens is 1. The predicted molar refractivity (Wildman–Crippen MR) is 122 cm³/mol. The molecule has 2 N–H and O–H groups in total. The molecule has 2 heterocycles. The molecule has 1 aromatic heterocycles. The van der Waals surface area contributed by atoms with Crippen molar-refractivity contribution in [1.82, 2.24) is 9.88 Å². The lowest BCUT2D eigenvalue weighted by molar-refractivity contribution is -0.132. The van der Waals surface area contributed by atoms with Crippen LogP contribution in [0, 0.1) is 0 Å². The van der Waals surface area contributed by atoms with Crippen LogP contribution in [0.25, 0.3) is 11.3 Å². The highest BCUT2D eigenvalue weighted by Crippen LogP contribution is 2.28. The molecule has 0 spiro atoms. The fraction of sp³-hybridized carbons (Fsp3) is 0.269. The summed E-state index contributed by atoms with van der Waals surface area (Å²) in [7, 11) is 0. The lowest BCUT2D eigenvalue weighted by atomic mass is 9.93. The highest BCUT2D eigenvalue weighted by Gasteiger charge is 2.25. The van der Waals surface area contributed by atoms with Crippen molar-refractivity contribution in [2.75, 3.05) is 13.1 Å². The number of hydrogen-bond donors (Lipinski definition) is 1. The Morgan fingerprint density at radius 1 is 1.00 bits per heavy atom. The molecular weight excluding hydrogens is 386 g/mol. The summed E-state index contributed by atoms with van der Waals surface area (Å²) in [5.41, 5.74) is 9.74. The van der Waals surface area contributed by atoms with Crippen LogP contribution in [0.3, 0.4) is 0 Å². The number of likely N-dealkylation sites (tertiary alicyclic amines) is 1. The van der Waals surface area contributed by atoms with Gasteiger partial charge in [-0.2, -0.15) is 0 Å². The first kappa shape index (κ1) is 20.8. The molecule has 1 aliphatic heterocycles. The Morgan fingerprint density at radius 2 is 1.81 bits per heavy atom. The third-order valence-electron chi connectivity index (χ3n) is 5.88. The number of primary amides is 1. The van der Waals surface area contributed by atoms with Crippen molar-refractivity contribution in [2.24, 2.45) is 5.73 Å². The van der Waals surface area contributed by atoms with Gasteiger partial charge in [0, 0.05) is 42.2 Å². The zero-order valence-electron chi connectivity index (χ0n) is 17.5. The van der Waals surface area contributed by atoms with Crippen LogP contribution < -0.4 is 5.73 Å². The van der Waals surface area contributed by atoms with Crippen LogP contribution in [0.15, 0.2) is 72.8 Å². The summed E-state index contributed by atoms with van der Waals surface area (Å²) in [6.45, 7) is 1.51. The standard InChI is InChI=1S/C26H27N3O2/c27-26(31)21-10-4-9-20(17-21)23-12-5-13-24(28-23)22-11-6-16-29(18-22)25(30)15-14-19-7-2-1-3-8-19/h1-5,7-10,12-13,17,22H,6,11,14-16,18H2,(H2,27,31)/t22-/m0/s1. The van der Waals surface area contributed by atoms with Gasteiger partial charge >= 0.3 is 0 Å². The summed E-state index contributed by atoms with van der Waals surface area (Å²) in [5, 5.41) is 0. The normalized spacial score (nSPS) is 16.1. The Kier molecular flexibility index (Phi) is 6.41. The molecule has 3 aromatic rings. The second kappa shape index (κ2) is 9.56. The van der Waals surface area contributed by atoms with Gasteiger partial charge in [0.15, 0.2) is 0 Å². The summed E-state index contributed by atoms with van der Waals surface area (Å²) in [5.74, 6) is -0.0255. The van der Waals surface area contributed by atoms with E-state index in [1.54, 1.807) is 12.1 Å². The minimum Gasteiger partial charge on any atom is -0.366 e. The molecule has 0 unspecified atom stereocenters. The zero-order chi connectivity index (χ0) is 21.6. The maximum Gasteiger partial charge on any atom is 0.248 e. The van der Waals surface area contributed by atoms with Crippen molar-refractivity contribution in [2.45, 2.75) is 31.6 Å². The molecule has 0 aliphatic carbocycles. The van der Waals surface area contributed by atoms with Crippen LogP contribution in [0.1, 0.15) is 46.8 Å². The monoisotopic (exact) mass is 413 g/mol. The van der Waals surface area contributed by atoms with E-state index in [1.807, 2.05) is 53.4 Å². The fourth-order valence-electron chi connectivity index (χ4n) is 4.17. The molecule has 0 saturated carbocycles. The average Bonchev–Trinajstić information content (AvgIpc) is 2.83. The van der Waals surface area contributed by atoms with Crippen LogP contribution in [0.4, 0.5) is 0 Å². The summed E-state index contributed by atoms with van der Waals surface area (Å²) in [6, 6.07) is 23.3. The molecule has 0 radical (unpaired) electrons. The van der Waals surface area contributed by atoms with Gasteiger partial charge < -0.3 is 10.6 Å². The Hall–Kier alpha value is -3.47. The summed E-state index contributed by atoms with van der Waals surface area (Å²) < 4.78 is 0. The minimum absolute atomic E-state index is 0.207. The van der Waals surface area contributed by atoms with Crippen LogP contribution in [0.5, 0.6) is 0 Å². The first-order valence-corrected chi connectivity index (χ1v) is 10.8. The molecule has 5 nitrogen and oxygen atoms in total. The van der Waals surface area contributed by atoms with Crippen molar-refractivity contribution in [3.05, 3.63) is 89.6 Å². The van der Waals surface area contributed by atoms with E-state index >= 15 is 0 Å². The third kappa shape index (κ3) is 5.18. The highest BCUT2D eigenvalue weighted by atomic mass is 16.2. The summed E-state index contributed by atoms with van der Waals surface area (Å²) in [4.78, 5) is 31.2. The van der Waals surface area contributed by atoms with Gasteiger partial charge in [-0.25, -0.2) is 0 Å². The van der Waals surface area contributed by atoms with E-state index in [-0.39, 0.29) is 11.8 Å². The van der Waals surface area contributed by atoms with Crippen LogP contribution in [-0.2, 0) is 11.2 Å². The Bertz CT molecular complexity index is 1070. The zero-order valence-corrected chi connectivity index (χ0v) is 17.5. The van der Waals surface area contributed by atoms with E-state index in [2.05, 4.69) is 12.1 Å². The Labute approximate surface area is 182 Å². The van der Waals surface area contributed by atoms with Crippen molar-refractivity contribution >= 4 is 11.8 Å². The lowest BCUT2D eigenvalue weighted by Gasteiger charge is -2.32. The van der Waals surface area contributed by atoms with Gasteiger partial charge in [0.25, 0.3) is 0 Å². The topological polar surface area (TPSA) is 76.3 Å². The number of carbonyl (C=O) groups excluding carboxylic acids is 2. The number of benzene rings is 2. The number of carbonyl (C=O) groups is 2. The van der Waals surface area contributed by atoms with Gasteiger partial charge in [-0.15, -0.1) is 0 Å². The molecule has 1 aliphatic rings. The first-order valence-electron chi connectivity index (χ1n) is 10.8. The third-order valence-corrected chi connectivity index (χ3v) is 5.88. The number of hydrogen-bond acceptors (Lipinski definition) is 3. The number of nitrogens with two attached hydrogens (primary N) is 1. The molecule has 1 saturated heterocycles. The smallest absolute Gasteiger partial charge is 0.248 e. The molecule has 2 amide bonds. The molecule has 0 bridgehead atoms. The molecular formula is C26H27N3O2. The second-order valence-electron chi connectivity index (χ2n) is 8.06. The minimum atomic E-state index is -0.449. The largest absolute Gasteiger partial charge is 0.366 e. The number of rotatable bonds is 6. The number of nitrogens with zero attached hydrogens (tertiary/aromatic N) is 2. The number of amides is 2. The number of pyridine rings is 1. The molecule has 4 rings (SSSR count). The van der Waals surface area contributed by atoms with Gasteiger partial charge in [0.1, 0.15) is 0 Å². The maximum absolute atomic E-state index is 12.8. The molecule has 2 aromatic carbocycles. The molecule has 158 valence electrons. The Balaban J connectivity index is 1.45. The number of aryl methyl sites for hydroxylation is 1. The fourth-order valence-corrected chi connectivity index (χ4v) is 4.17. The van der Waals surface area contributed by atoms with Gasteiger partial charge in [0.2, 0.25) is 11.8 Å². The SMILES string of the molecule is NC(=O)c1cccc(-c2cccc([C@H]3CCCN(C(=O)CCc4ccccc4)C3)n2)c1. The molecule has 1 atom stereocenters. The summed E-state index contributed by atoms with van der Waals surface area (Å²) >= 11 is 0. The average molecular weight is 414 g/mol. The van der Waals surface area contributed by atoms with Gasteiger partial charge in [-0.3, -0.25) is 14.6 Å². The first-order chi connectivity index (χ1) is 15.1. The van der Waals surface area contributed by atoms with E-state index in [9.17, 15) is 9.59 Å². The number of piperidine rings is 1.